The van der Waals surface area contributed by atoms with E-state index >= 15 is 0 Å². The van der Waals surface area contributed by atoms with Crippen LogP contribution in [0.4, 0.5) is 0 Å². The number of aryl methyl sites for hydroxylation is 1. The minimum atomic E-state index is 0. The van der Waals surface area contributed by atoms with E-state index in [0.717, 1.165) is 27.5 Å². The van der Waals surface area contributed by atoms with Gasteiger partial charge in [0.25, 0.3) is 0 Å². The molecule has 0 aliphatic heterocycles. The van der Waals surface area contributed by atoms with E-state index in [2.05, 4.69) is 31.7 Å². The summed E-state index contributed by atoms with van der Waals surface area (Å²) in [6.45, 7) is 7.29. The SMILES string of the molecule is CCOc1cc(-c2ccccc2C)c(OCC)cc1S.N#[NH+].[Cl-]. The highest BCUT2D eigenvalue weighted by molar-refractivity contribution is 7.80. The molecule has 0 saturated carbocycles. The van der Waals surface area contributed by atoms with Crippen molar-refractivity contribution in [3.05, 3.63) is 42.0 Å². The lowest BCUT2D eigenvalue weighted by Crippen LogP contribution is -3.00. The predicted octanol–water partition coefficient (Wildman–Crippen LogP) is 0.0314. The Morgan fingerprint density at radius 3 is 2.09 bits per heavy atom. The molecule has 0 heterocycles. The van der Waals surface area contributed by atoms with Crippen molar-refractivity contribution in [3.8, 4) is 22.6 Å². The van der Waals surface area contributed by atoms with Crippen molar-refractivity contribution in [2.45, 2.75) is 25.7 Å². The third-order valence-corrected chi connectivity index (χ3v) is 3.45. The molecule has 0 atom stereocenters. The molecule has 0 radical (unpaired) electrons. The normalized spacial score (nSPS) is 9.13. The first kappa shape index (κ1) is 21.1. The summed E-state index contributed by atoms with van der Waals surface area (Å²) in [5, 5.41) is 11.0. The molecule has 124 valence electrons. The molecule has 2 aromatic carbocycles. The van der Waals surface area contributed by atoms with Gasteiger partial charge in [-0.15, -0.1) is 12.6 Å². The molecule has 0 aromatic heterocycles. The van der Waals surface area contributed by atoms with E-state index in [0.29, 0.717) is 13.2 Å². The molecule has 0 saturated heterocycles. The summed E-state index contributed by atoms with van der Waals surface area (Å²) in [5.74, 6) is 1.63. The molecule has 2 rings (SSSR count). The van der Waals surface area contributed by atoms with Crippen LogP contribution in [0.5, 0.6) is 11.5 Å². The molecule has 0 bridgehead atoms. The molecular weight excluding hydrogens is 332 g/mol. The third-order valence-electron chi connectivity index (χ3n) is 3.10. The fourth-order valence-corrected chi connectivity index (χ4v) is 2.43. The minimum Gasteiger partial charge on any atom is -1.00 e. The highest BCUT2D eigenvalue weighted by atomic mass is 35.5. The van der Waals surface area contributed by atoms with E-state index in [-0.39, 0.29) is 12.4 Å². The molecule has 0 aliphatic rings. The number of halogens is 1. The molecule has 6 heteroatoms. The summed E-state index contributed by atoms with van der Waals surface area (Å²) >= 11 is 4.48. The smallest absolute Gasteiger partial charge is 0.212 e. The van der Waals surface area contributed by atoms with Gasteiger partial charge in [-0.3, -0.25) is 0 Å². The lowest BCUT2D eigenvalue weighted by Gasteiger charge is -2.16. The average molecular weight is 353 g/mol. The summed E-state index contributed by atoms with van der Waals surface area (Å²) in [5.41, 5.74) is 3.42. The fourth-order valence-electron chi connectivity index (χ4n) is 2.18. The number of ether oxygens (including phenoxy) is 2. The van der Waals surface area contributed by atoms with Crippen LogP contribution in [-0.4, -0.2) is 13.2 Å². The number of nitrogens with one attached hydrogen (secondary N) is 1. The van der Waals surface area contributed by atoms with Crippen molar-refractivity contribution in [2.75, 3.05) is 13.2 Å². The second-order valence-corrected chi connectivity index (χ2v) is 4.98. The quantitative estimate of drug-likeness (QED) is 0.589. The van der Waals surface area contributed by atoms with Crippen LogP contribution in [0, 0.1) is 12.3 Å². The lowest BCUT2D eigenvalue weighted by atomic mass is 9.99. The molecule has 0 spiro atoms. The van der Waals surface area contributed by atoms with Crippen LogP contribution in [0.1, 0.15) is 19.4 Å². The zero-order valence-corrected chi connectivity index (χ0v) is 15.1. The summed E-state index contributed by atoms with van der Waals surface area (Å²) in [6, 6.07) is 12.2. The van der Waals surface area contributed by atoms with Gasteiger partial charge in [0, 0.05) is 10.5 Å². The van der Waals surface area contributed by atoms with Crippen molar-refractivity contribution in [3.63, 3.8) is 0 Å². The van der Waals surface area contributed by atoms with Crippen LogP contribution < -0.4 is 27.3 Å². The Labute approximate surface area is 149 Å². The maximum Gasteiger partial charge on any atom is 0.212 e. The highest BCUT2D eigenvalue weighted by Gasteiger charge is 2.13. The summed E-state index contributed by atoms with van der Waals surface area (Å²) in [7, 11) is 0. The van der Waals surface area contributed by atoms with Gasteiger partial charge < -0.3 is 21.9 Å². The lowest BCUT2D eigenvalue weighted by molar-refractivity contribution is -0.175. The Morgan fingerprint density at radius 1 is 0.957 bits per heavy atom. The third kappa shape index (κ3) is 5.34. The van der Waals surface area contributed by atoms with Gasteiger partial charge in [0.1, 0.15) is 11.5 Å². The topological polar surface area (TPSA) is 66.0 Å². The second-order valence-electron chi connectivity index (χ2n) is 4.50. The van der Waals surface area contributed by atoms with Crippen LogP contribution in [0.2, 0.25) is 0 Å². The Balaban J connectivity index is 0.00000155. The minimum absolute atomic E-state index is 0. The summed E-state index contributed by atoms with van der Waals surface area (Å²) < 4.78 is 11.4. The van der Waals surface area contributed by atoms with Gasteiger partial charge in [0.2, 0.25) is 5.39 Å². The average Bonchev–Trinajstić information content (AvgIpc) is 2.53. The van der Waals surface area contributed by atoms with Gasteiger partial charge in [-0.05, 0) is 44.0 Å². The number of rotatable bonds is 5. The first-order valence-corrected chi connectivity index (χ1v) is 7.53. The Morgan fingerprint density at radius 2 is 1.52 bits per heavy atom. The molecule has 0 unspecified atom stereocenters. The van der Waals surface area contributed by atoms with Crippen molar-refractivity contribution >= 4 is 12.6 Å². The van der Waals surface area contributed by atoms with Gasteiger partial charge in [-0.1, -0.05) is 24.3 Å². The molecule has 0 fully saturated rings. The fraction of sp³-hybridized carbons (Fsp3) is 0.294. The number of thiol groups is 1. The highest BCUT2D eigenvalue weighted by Crippen LogP contribution is 2.39. The van der Waals surface area contributed by atoms with Crippen molar-refractivity contribution in [1.29, 1.82) is 5.39 Å². The van der Waals surface area contributed by atoms with E-state index in [4.69, 9.17) is 20.3 Å². The van der Waals surface area contributed by atoms with E-state index in [1.807, 2.05) is 38.1 Å². The molecule has 1 N–H and O–H groups in total. The van der Waals surface area contributed by atoms with Crippen molar-refractivity contribution < 1.29 is 27.3 Å². The summed E-state index contributed by atoms with van der Waals surface area (Å²) in [4.78, 5) is 0.799. The largest absolute Gasteiger partial charge is 1.00 e. The summed E-state index contributed by atoms with van der Waals surface area (Å²) in [6.07, 6.45) is 0. The first-order chi connectivity index (χ1) is 10.7. The zero-order valence-electron chi connectivity index (χ0n) is 13.5. The Kier molecular flexibility index (Phi) is 9.87. The maximum atomic E-state index is 6.25. The molecule has 0 amide bonds. The van der Waals surface area contributed by atoms with Gasteiger partial charge in [-0.25, -0.2) is 0 Å². The van der Waals surface area contributed by atoms with Gasteiger partial charge >= 0.3 is 0 Å². The Hall–Kier alpha value is -1.90. The van der Waals surface area contributed by atoms with Gasteiger partial charge in [-0.2, -0.15) is 0 Å². The van der Waals surface area contributed by atoms with Gasteiger partial charge in [0.15, 0.2) is 0 Å². The monoisotopic (exact) mass is 352 g/mol. The van der Waals surface area contributed by atoms with Gasteiger partial charge in [0.05, 0.1) is 18.6 Å². The van der Waals surface area contributed by atoms with E-state index < -0.39 is 0 Å². The van der Waals surface area contributed by atoms with E-state index in [1.165, 1.54) is 5.56 Å². The van der Waals surface area contributed by atoms with Crippen molar-refractivity contribution in [2.24, 2.45) is 0 Å². The first-order valence-electron chi connectivity index (χ1n) is 7.08. The van der Waals surface area contributed by atoms with E-state index in [1.54, 1.807) is 0 Å². The molecule has 23 heavy (non-hydrogen) atoms. The van der Waals surface area contributed by atoms with Crippen LogP contribution >= 0.6 is 12.6 Å². The second kappa shape index (κ2) is 10.8. The van der Waals surface area contributed by atoms with Crippen LogP contribution in [0.25, 0.3) is 11.1 Å². The maximum absolute atomic E-state index is 6.25. The number of hydrogen-bond acceptors (Lipinski definition) is 4. The molecule has 2 aromatic rings. The number of nitrogens with zero attached hydrogens (tertiary/aromatic N) is 1. The van der Waals surface area contributed by atoms with Crippen molar-refractivity contribution in [1.82, 2.24) is 0 Å². The number of hydrogen-bond donors (Lipinski definition) is 2. The van der Waals surface area contributed by atoms with Crippen LogP contribution in [-0.2, 0) is 0 Å². The molecule has 4 nitrogen and oxygen atoms in total. The number of diazo groups is 1. The zero-order chi connectivity index (χ0) is 16.5. The van der Waals surface area contributed by atoms with E-state index in [9.17, 15) is 0 Å². The van der Waals surface area contributed by atoms with Crippen LogP contribution in [0.15, 0.2) is 41.3 Å². The molecule has 0 aliphatic carbocycles. The predicted molar refractivity (Wildman–Crippen MR) is 88.9 cm³/mol. The Bertz CT molecular complexity index is 648. The number of benzene rings is 2. The molecular formula is C17H21ClN2O2S. The van der Waals surface area contributed by atoms with Crippen LogP contribution in [0.3, 0.4) is 0 Å². The standard InChI is InChI=1S/C17H20O2S.ClH.N2/c1-4-18-15-11-17(20)16(19-5-2)10-14(15)13-9-7-6-8-12(13)3;;1-2/h6-11,20H,4-5H2,1-3H3;1H;.